The number of esters is 3. The van der Waals surface area contributed by atoms with Crippen LogP contribution in [0.5, 0.6) is 5.75 Å². The number of hydrogen-bond acceptors (Lipinski definition) is 14. The second kappa shape index (κ2) is 26.6. The number of ketones is 1. The smallest absolute Gasteiger partial charge is 0.328 e. The molecule has 1 saturated heterocycles. The molecule has 368 valence electrons. The normalized spacial score (nSPS) is 17.5. The molecule has 1 aliphatic rings. The number of carbonyl (C=O) groups is 7. The molecule has 0 saturated carbocycles. The molecule has 0 radical (unpaired) electrons. The van der Waals surface area contributed by atoms with Crippen molar-refractivity contribution in [1.82, 2.24) is 20.1 Å². The molecule has 16 nitrogen and oxygen atoms in total. The van der Waals surface area contributed by atoms with Crippen LogP contribution in [0.2, 0.25) is 0 Å². The SMILES string of the molecule is CC[C@H](C)[C@H](CC(=O)[C@H]1CCCCN1C)C(=O)N(COC(=O)CC(C)C)[C@H](C[C@@H](OC(C)=O)c1nc(C(=O)N[C@@H](Cc2ccc(OC(=O)[C@H](N)C(C)C)cc2)C[C@H](C)C(=O)O)cs1)C(C)C. The van der Waals surface area contributed by atoms with Crippen LogP contribution in [0, 0.1) is 35.5 Å². The number of likely N-dealkylation sites (N-methyl/N-ethyl adjacent to an activating group) is 1. The Morgan fingerprint density at radius 1 is 0.955 bits per heavy atom. The van der Waals surface area contributed by atoms with Gasteiger partial charge >= 0.3 is 23.9 Å². The van der Waals surface area contributed by atoms with Crippen LogP contribution in [0.3, 0.4) is 0 Å². The van der Waals surface area contributed by atoms with E-state index in [1.165, 1.54) is 17.2 Å². The quantitative estimate of drug-likeness (QED) is 0.0492. The standard InChI is InChI=1S/C49H75N5O11S/c1-12-31(8)37(24-41(56)39-15-13-14-20-53(39)11)47(59)54(27-63-43(57)21-28(2)3)40(29(4)5)25-42(64-33(10)55)46-52-38(26-66-46)45(58)51-35(22-32(9)48(60)61)23-34-16-18-36(19-17-34)65-49(62)44(50)30(6)7/h16-19,26,28-32,35,37,39-40,42,44H,12-15,20-25,27,50H2,1-11H3,(H,51,58)(H,60,61)/t31-,32-,35+,37-,39+,40+,42+,44+/m0/s1. The summed E-state index contributed by atoms with van der Waals surface area (Å²) in [7, 11) is 1.94. The van der Waals surface area contributed by atoms with E-state index >= 15 is 0 Å². The molecule has 1 aliphatic heterocycles. The van der Waals surface area contributed by atoms with E-state index in [-0.39, 0.29) is 90.9 Å². The highest BCUT2D eigenvalue weighted by molar-refractivity contribution is 7.09. The third-order valence-electron chi connectivity index (χ3n) is 12.4. The third-order valence-corrected chi connectivity index (χ3v) is 13.3. The largest absolute Gasteiger partial charge is 0.481 e. The second-order valence-corrected chi connectivity index (χ2v) is 20.0. The van der Waals surface area contributed by atoms with Crippen LogP contribution in [0.15, 0.2) is 29.6 Å². The zero-order valence-electron chi connectivity index (χ0n) is 40.9. The van der Waals surface area contributed by atoms with E-state index in [9.17, 15) is 38.7 Å². The number of aromatic nitrogens is 1. The minimum Gasteiger partial charge on any atom is -0.481 e. The van der Waals surface area contributed by atoms with Crippen LogP contribution in [0.25, 0.3) is 0 Å². The molecular weight excluding hydrogens is 867 g/mol. The summed E-state index contributed by atoms with van der Waals surface area (Å²) in [5.74, 6) is -5.33. The Balaban J connectivity index is 1.94. The third kappa shape index (κ3) is 17.2. The predicted octanol–water partition coefficient (Wildman–Crippen LogP) is 6.98. The average molecular weight is 942 g/mol. The summed E-state index contributed by atoms with van der Waals surface area (Å²) in [4.78, 5) is 101. The highest BCUT2D eigenvalue weighted by Gasteiger charge is 2.40. The first-order valence-electron chi connectivity index (χ1n) is 23.4. The number of carbonyl (C=O) groups excluding carboxylic acids is 6. The maximum absolute atomic E-state index is 14.9. The monoisotopic (exact) mass is 942 g/mol. The van der Waals surface area contributed by atoms with Gasteiger partial charge in [0.05, 0.1) is 12.0 Å². The van der Waals surface area contributed by atoms with Gasteiger partial charge in [0.2, 0.25) is 5.91 Å². The molecule has 1 fully saturated rings. The lowest BCUT2D eigenvalue weighted by Gasteiger charge is -2.39. The van der Waals surface area contributed by atoms with Crippen molar-refractivity contribution in [2.45, 2.75) is 157 Å². The number of hydrogen-bond donors (Lipinski definition) is 3. The van der Waals surface area contributed by atoms with Gasteiger partial charge in [-0.1, -0.05) is 87.3 Å². The number of ether oxygens (including phenoxy) is 3. The van der Waals surface area contributed by atoms with Gasteiger partial charge in [0.1, 0.15) is 22.5 Å². The van der Waals surface area contributed by atoms with Crippen LogP contribution in [-0.4, -0.2) is 106 Å². The van der Waals surface area contributed by atoms with Gasteiger partial charge in [-0.25, -0.2) is 9.78 Å². The number of likely N-dealkylation sites (tertiary alicyclic amines) is 1. The lowest BCUT2D eigenvalue weighted by Crippen LogP contribution is -2.50. The summed E-state index contributed by atoms with van der Waals surface area (Å²) in [5, 5.41) is 14.5. The van der Waals surface area contributed by atoms with Crippen molar-refractivity contribution in [1.29, 1.82) is 0 Å². The molecule has 0 unspecified atom stereocenters. The molecule has 8 atom stereocenters. The molecular formula is C49H75N5O11S. The van der Waals surface area contributed by atoms with Crippen molar-refractivity contribution in [2.24, 2.45) is 41.2 Å². The van der Waals surface area contributed by atoms with E-state index in [1.807, 2.05) is 62.4 Å². The lowest BCUT2D eigenvalue weighted by atomic mass is 9.82. The van der Waals surface area contributed by atoms with Crippen LogP contribution in [0.4, 0.5) is 0 Å². The zero-order valence-corrected chi connectivity index (χ0v) is 41.7. The number of rotatable bonds is 26. The summed E-state index contributed by atoms with van der Waals surface area (Å²) < 4.78 is 17.1. The zero-order chi connectivity index (χ0) is 49.4. The second-order valence-electron chi connectivity index (χ2n) is 19.1. The Morgan fingerprint density at radius 2 is 1.62 bits per heavy atom. The molecule has 2 heterocycles. The summed E-state index contributed by atoms with van der Waals surface area (Å²) in [6, 6.07) is 4.28. The summed E-state index contributed by atoms with van der Waals surface area (Å²) in [6.07, 6.45) is 2.83. The first kappa shape index (κ1) is 55.6. The van der Waals surface area contributed by atoms with E-state index < -0.39 is 65.8 Å². The maximum Gasteiger partial charge on any atom is 0.328 e. The van der Waals surface area contributed by atoms with E-state index in [1.54, 1.807) is 31.2 Å². The van der Waals surface area contributed by atoms with E-state index in [0.29, 0.717) is 12.2 Å². The number of carboxylic acids is 1. The fourth-order valence-electron chi connectivity index (χ4n) is 8.05. The van der Waals surface area contributed by atoms with Gasteiger partial charge < -0.3 is 35.3 Å². The highest BCUT2D eigenvalue weighted by atomic mass is 32.1. The van der Waals surface area contributed by atoms with Gasteiger partial charge in [-0.2, -0.15) is 0 Å². The van der Waals surface area contributed by atoms with Gasteiger partial charge in [0, 0.05) is 49.6 Å². The minimum atomic E-state index is -1.03. The number of thiazole rings is 1. The van der Waals surface area contributed by atoms with Crippen LogP contribution < -0.4 is 15.8 Å². The van der Waals surface area contributed by atoms with Crippen molar-refractivity contribution in [3.05, 3.63) is 45.9 Å². The molecule has 3 rings (SSSR count). The number of nitrogens with two attached hydrogens (primary N) is 1. The van der Waals surface area contributed by atoms with E-state index in [4.69, 9.17) is 19.9 Å². The lowest BCUT2D eigenvalue weighted by molar-refractivity contribution is -0.162. The summed E-state index contributed by atoms with van der Waals surface area (Å²) >= 11 is 1.09. The Bertz CT molecular complexity index is 1940. The predicted molar refractivity (Wildman–Crippen MR) is 251 cm³/mol. The fraction of sp³-hybridized carbons (Fsp3) is 0.673. The topological polar surface area (TPSA) is 225 Å². The van der Waals surface area contributed by atoms with Gasteiger partial charge in [-0.15, -0.1) is 11.3 Å². The van der Waals surface area contributed by atoms with Crippen molar-refractivity contribution >= 4 is 52.8 Å². The first-order chi connectivity index (χ1) is 31.0. The number of carboxylic acid groups (broad SMARTS) is 1. The molecule has 0 bridgehead atoms. The minimum absolute atomic E-state index is 0.00284. The molecule has 66 heavy (non-hydrogen) atoms. The Kier molecular flexibility index (Phi) is 22.4. The number of benzene rings is 1. The van der Waals surface area contributed by atoms with Crippen LogP contribution >= 0.6 is 11.3 Å². The molecule has 17 heteroatoms. The highest BCUT2D eigenvalue weighted by Crippen LogP contribution is 2.34. The van der Waals surface area contributed by atoms with Gasteiger partial charge in [0.25, 0.3) is 5.91 Å². The van der Waals surface area contributed by atoms with E-state index in [2.05, 4.69) is 15.2 Å². The van der Waals surface area contributed by atoms with Crippen LogP contribution in [0.1, 0.15) is 148 Å². The van der Waals surface area contributed by atoms with Gasteiger partial charge in [-0.3, -0.25) is 33.7 Å². The molecule has 2 aromatic rings. The maximum atomic E-state index is 14.9. The van der Waals surface area contributed by atoms with Gasteiger partial charge in [0.15, 0.2) is 18.6 Å². The Labute approximate surface area is 395 Å². The Morgan fingerprint density at radius 3 is 2.18 bits per heavy atom. The molecule has 4 N–H and O–H groups in total. The Hall–Kier alpha value is -4.74. The summed E-state index contributed by atoms with van der Waals surface area (Å²) in [5.41, 5.74) is 6.69. The molecule has 0 aliphatic carbocycles. The van der Waals surface area contributed by atoms with E-state index in [0.717, 1.165) is 42.7 Å². The fourth-order valence-corrected chi connectivity index (χ4v) is 8.89. The number of aliphatic carboxylic acids is 1. The molecule has 2 amide bonds. The van der Waals surface area contributed by atoms with Crippen molar-refractivity contribution in [3.63, 3.8) is 0 Å². The van der Waals surface area contributed by atoms with Gasteiger partial charge in [-0.05, 0) is 80.6 Å². The number of nitrogens with zero attached hydrogens (tertiary/aromatic N) is 3. The molecule has 1 aromatic heterocycles. The number of Topliss-reactive ketones (excluding diaryl/α,β-unsaturated/α-hetero) is 1. The number of piperidine rings is 1. The van der Waals surface area contributed by atoms with Crippen molar-refractivity contribution in [3.8, 4) is 5.75 Å². The average Bonchev–Trinajstić information content (AvgIpc) is 3.75. The van der Waals surface area contributed by atoms with Crippen molar-refractivity contribution in [2.75, 3.05) is 20.3 Å². The number of amides is 2. The summed E-state index contributed by atoms with van der Waals surface area (Å²) in [6.45, 7) is 18.4. The van der Waals surface area contributed by atoms with Crippen molar-refractivity contribution < 1.29 is 52.9 Å². The molecule has 1 aromatic carbocycles. The number of nitrogens with one attached hydrogen (secondary N) is 1. The molecule has 0 spiro atoms. The van der Waals surface area contributed by atoms with Crippen LogP contribution in [-0.2, 0) is 44.7 Å². The first-order valence-corrected chi connectivity index (χ1v) is 24.3.